The zero-order chi connectivity index (χ0) is 14.3. The van der Waals surface area contributed by atoms with E-state index >= 15 is 0 Å². The normalized spacial score (nSPS) is 11.9. The Kier molecular flexibility index (Phi) is 13.1. The molecule has 0 radical (unpaired) electrons. The topological polar surface area (TPSA) is 39.7 Å². The minimum atomic E-state index is 0.936. The van der Waals surface area contributed by atoms with Crippen molar-refractivity contribution >= 4 is 5.96 Å². The highest BCUT2D eigenvalue weighted by molar-refractivity contribution is 5.79. The first-order chi connectivity index (χ1) is 9.28. The average Bonchev–Trinajstić information content (AvgIpc) is 2.42. The maximum atomic E-state index is 4.23. The van der Waals surface area contributed by atoms with Crippen molar-refractivity contribution in [1.82, 2.24) is 15.5 Å². The van der Waals surface area contributed by atoms with Gasteiger partial charge in [-0.1, -0.05) is 27.2 Å². The quantitative estimate of drug-likeness (QED) is 0.344. The molecule has 0 aromatic carbocycles. The third-order valence-electron chi connectivity index (χ3n) is 3.07. The smallest absolute Gasteiger partial charge is 0.190 e. The van der Waals surface area contributed by atoms with E-state index in [0.717, 1.165) is 19.0 Å². The van der Waals surface area contributed by atoms with E-state index in [1.54, 1.807) is 0 Å². The Morgan fingerprint density at radius 3 is 1.89 bits per heavy atom. The minimum absolute atomic E-state index is 0.936. The molecule has 0 aliphatic heterocycles. The van der Waals surface area contributed by atoms with Gasteiger partial charge in [-0.05, 0) is 45.3 Å². The van der Waals surface area contributed by atoms with Crippen LogP contribution in [0.5, 0.6) is 0 Å². The van der Waals surface area contributed by atoms with Crippen molar-refractivity contribution in [2.45, 2.75) is 52.9 Å². The summed E-state index contributed by atoms with van der Waals surface area (Å²) < 4.78 is 0. The molecular weight excluding hydrogens is 236 g/mol. The van der Waals surface area contributed by atoms with Crippen LogP contribution in [0.2, 0.25) is 0 Å². The van der Waals surface area contributed by atoms with Gasteiger partial charge in [0, 0.05) is 20.1 Å². The molecule has 0 rings (SSSR count). The number of hydrogen-bond acceptors (Lipinski definition) is 2. The number of guanidine groups is 1. The predicted octanol–water partition coefficient (Wildman–Crippen LogP) is 2.46. The summed E-state index contributed by atoms with van der Waals surface area (Å²) in [6.45, 7) is 12.3. The lowest BCUT2D eigenvalue weighted by Crippen LogP contribution is -2.39. The molecule has 0 spiro atoms. The molecule has 0 fully saturated rings. The standard InChI is InChI=1S/C15H34N4/c1-5-8-10-17-15(16-4)18-11-9-14-19(12-6-2)13-7-3/h5-14H2,1-4H3,(H2,16,17,18). The van der Waals surface area contributed by atoms with Gasteiger partial charge in [-0.15, -0.1) is 0 Å². The molecule has 0 atom stereocenters. The molecule has 0 bridgehead atoms. The van der Waals surface area contributed by atoms with E-state index in [4.69, 9.17) is 0 Å². The van der Waals surface area contributed by atoms with Gasteiger partial charge >= 0.3 is 0 Å². The number of hydrogen-bond donors (Lipinski definition) is 2. The molecule has 0 unspecified atom stereocenters. The van der Waals surface area contributed by atoms with Gasteiger partial charge in [0.05, 0.1) is 0 Å². The fraction of sp³-hybridized carbons (Fsp3) is 0.933. The minimum Gasteiger partial charge on any atom is -0.356 e. The Morgan fingerprint density at radius 2 is 1.42 bits per heavy atom. The Bertz CT molecular complexity index is 210. The maximum absolute atomic E-state index is 4.23. The Balaban J connectivity index is 3.68. The van der Waals surface area contributed by atoms with Crippen LogP contribution < -0.4 is 10.6 Å². The lowest BCUT2D eigenvalue weighted by atomic mass is 10.3. The number of nitrogens with one attached hydrogen (secondary N) is 2. The first-order valence-corrected chi connectivity index (χ1v) is 7.95. The summed E-state index contributed by atoms with van der Waals surface area (Å²) in [6, 6.07) is 0. The summed E-state index contributed by atoms with van der Waals surface area (Å²) in [7, 11) is 1.84. The van der Waals surface area contributed by atoms with Crippen molar-refractivity contribution in [1.29, 1.82) is 0 Å². The van der Waals surface area contributed by atoms with E-state index < -0.39 is 0 Å². The summed E-state index contributed by atoms with van der Waals surface area (Å²) in [4.78, 5) is 6.78. The number of nitrogens with zero attached hydrogens (tertiary/aromatic N) is 2. The van der Waals surface area contributed by atoms with E-state index in [0.29, 0.717) is 0 Å². The average molecular weight is 270 g/mol. The molecule has 0 aromatic heterocycles. The highest BCUT2D eigenvalue weighted by Gasteiger charge is 2.02. The lowest BCUT2D eigenvalue weighted by Gasteiger charge is -2.21. The number of aliphatic imine (C=N–C) groups is 1. The molecule has 0 aliphatic rings. The largest absolute Gasteiger partial charge is 0.356 e. The summed E-state index contributed by atoms with van der Waals surface area (Å²) in [5.74, 6) is 0.936. The van der Waals surface area contributed by atoms with E-state index in [1.807, 2.05) is 7.05 Å². The second kappa shape index (κ2) is 13.7. The first-order valence-electron chi connectivity index (χ1n) is 7.95. The lowest BCUT2D eigenvalue weighted by molar-refractivity contribution is 0.271. The number of unbranched alkanes of at least 4 members (excludes halogenated alkanes) is 1. The van der Waals surface area contributed by atoms with Gasteiger partial charge in [0.25, 0.3) is 0 Å². The van der Waals surface area contributed by atoms with Crippen molar-refractivity contribution < 1.29 is 0 Å². The predicted molar refractivity (Wildman–Crippen MR) is 85.9 cm³/mol. The van der Waals surface area contributed by atoms with Crippen LogP contribution in [-0.2, 0) is 0 Å². The SMILES string of the molecule is CCCCNC(=NC)NCCCN(CCC)CCC. The zero-order valence-electron chi connectivity index (χ0n) is 13.5. The van der Waals surface area contributed by atoms with Crippen LogP contribution >= 0.6 is 0 Å². The molecule has 0 aliphatic carbocycles. The molecule has 0 amide bonds. The van der Waals surface area contributed by atoms with Crippen LogP contribution in [0.25, 0.3) is 0 Å². The maximum Gasteiger partial charge on any atom is 0.190 e. The summed E-state index contributed by atoms with van der Waals surface area (Å²) in [5, 5.41) is 6.71. The fourth-order valence-corrected chi connectivity index (χ4v) is 2.08. The van der Waals surface area contributed by atoms with Gasteiger partial charge in [-0.25, -0.2) is 0 Å². The molecule has 0 heterocycles. The van der Waals surface area contributed by atoms with Crippen LogP contribution in [0.4, 0.5) is 0 Å². The zero-order valence-corrected chi connectivity index (χ0v) is 13.5. The van der Waals surface area contributed by atoms with Gasteiger partial charge in [0.15, 0.2) is 5.96 Å². The molecule has 4 nitrogen and oxygen atoms in total. The van der Waals surface area contributed by atoms with Crippen molar-refractivity contribution in [3.8, 4) is 0 Å². The highest BCUT2D eigenvalue weighted by atomic mass is 15.2. The van der Waals surface area contributed by atoms with Crippen molar-refractivity contribution in [2.24, 2.45) is 4.99 Å². The van der Waals surface area contributed by atoms with Gasteiger partial charge < -0.3 is 15.5 Å². The third-order valence-corrected chi connectivity index (χ3v) is 3.07. The molecule has 0 aromatic rings. The fourth-order valence-electron chi connectivity index (χ4n) is 2.08. The van der Waals surface area contributed by atoms with Crippen LogP contribution in [0.3, 0.4) is 0 Å². The highest BCUT2D eigenvalue weighted by Crippen LogP contribution is 1.95. The first kappa shape index (κ1) is 18.2. The second-order valence-electron chi connectivity index (χ2n) is 4.97. The molecule has 0 saturated heterocycles. The monoisotopic (exact) mass is 270 g/mol. The Hall–Kier alpha value is -0.770. The molecular formula is C15H34N4. The van der Waals surface area contributed by atoms with Gasteiger partial charge in [0.2, 0.25) is 0 Å². The molecule has 4 heteroatoms. The molecule has 0 saturated carbocycles. The van der Waals surface area contributed by atoms with Gasteiger partial charge in [0.1, 0.15) is 0 Å². The van der Waals surface area contributed by atoms with Crippen molar-refractivity contribution in [3.63, 3.8) is 0 Å². The third kappa shape index (κ3) is 10.8. The van der Waals surface area contributed by atoms with Gasteiger partial charge in [-0.2, -0.15) is 0 Å². The van der Waals surface area contributed by atoms with Gasteiger partial charge in [-0.3, -0.25) is 4.99 Å². The van der Waals surface area contributed by atoms with Crippen molar-refractivity contribution in [3.05, 3.63) is 0 Å². The second-order valence-corrected chi connectivity index (χ2v) is 4.97. The van der Waals surface area contributed by atoms with Crippen LogP contribution in [0.15, 0.2) is 4.99 Å². The Labute approximate surface area is 120 Å². The van der Waals surface area contributed by atoms with Crippen LogP contribution in [0, 0.1) is 0 Å². The van der Waals surface area contributed by atoms with Crippen LogP contribution in [0.1, 0.15) is 52.9 Å². The summed E-state index contributed by atoms with van der Waals surface area (Å²) in [5.41, 5.74) is 0. The van der Waals surface area contributed by atoms with Crippen molar-refractivity contribution in [2.75, 3.05) is 39.8 Å². The van der Waals surface area contributed by atoms with E-state index in [2.05, 4.69) is 41.3 Å². The van der Waals surface area contributed by atoms with Crippen LogP contribution in [-0.4, -0.2) is 50.6 Å². The van der Waals surface area contributed by atoms with E-state index in [-0.39, 0.29) is 0 Å². The van der Waals surface area contributed by atoms with E-state index in [1.165, 1.54) is 51.7 Å². The summed E-state index contributed by atoms with van der Waals surface area (Å²) in [6.07, 6.45) is 6.07. The molecule has 19 heavy (non-hydrogen) atoms. The summed E-state index contributed by atoms with van der Waals surface area (Å²) >= 11 is 0. The number of rotatable bonds is 11. The van der Waals surface area contributed by atoms with E-state index in [9.17, 15) is 0 Å². The molecule has 114 valence electrons. The Morgan fingerprint density at radius 1 is 0.842 bits per heavy atom. The molecule has 2 N–H and O–H groups in total.